The first kappa shape index (κ1) is 15.7. The molecule has 1 heterocycles. The van der Waals surface area contributed by atoms with E-state index in [1.54, 1.807) is 42.5 Å². The molecule has 0 aliphatic carbocycles. The van der Waals surface area contributed by atoms with E-state index in [0.29, 0.717) is 17.0 Å². The molecule has 1 aliphatic heterocycles. The number of carbonyl (C=O) groups excluding carboxylic acids is 3. The summed E-state index contributed by atoms with van der Waals surface area (Å²) >= 11 is 0. The van der Waals surface area contributed by atoms with Crippen LogP contribution in [0.15, 0.2) is 48.5 Å². The maximum absolute atomic E-state index is 12.3. The van der Waals surface area contributed by atoms with E-state index >= 15 is 0 Å². The monoisotopic (exact) mass is 325 g/mol. The minimum atomic E-state index is -0.580. The zero-order valence-electron chi connectivity index (χ0n) is 13.0. The van der Waals surface area contributed by atoms with Gasteiger partial charge in [0.25, 0.3) is 0 Å². The van der Waals surface area contributed by atoms with Crippen LogP contribution in [0.5, 0.6) is 11.5 Å². The normalized spacial score (nSPS) is 14.0. The Hall–Kier alpha value is -3.15. The lowest BCUT2D eigenvalue weighted by Gasteiger charge is -2.15. The second kappa shape index (κ2) is 6.54. The molecule has 0 spiro atoms. The quantitative estimate of drug-likeness (QED) is 0.491. The molecule has 122 valence electrons. The maximum Gasteiger partial charge on any atom is 0.347 e. The van der Waals surface area contributed by atoms with Gasteiger partial charge in [0.2, 0.25) is 11.8 Å². The summed E-state index contributed by atoms with van der Waals surface area (Å²) in [6.45, 7) is 0. The lowest BCUT2D eigenvalue weighted by atomic mass is 10.2. The Labute approximate surface area is 138 Å². The first-order chi connectivity index (χ1) is 11.6. The number of carbonyl (C=O) groups is 3. The van der Waals surface area contributed by atoms with Crippen molar-refractivity contribution in [1.82, 2.24) is 0 Å². The average Bonchev–Trinajstić information content (AvgIpc) is 2.93. The van der Waals surface area contributed by atoms with Crippen LogP contribution in [0.1, 0.15) is 23.2 Å². The number of nitrogens with zero attached hydrogens (tertiary/aromatic N) is 1. The van der Waals surface area contributed by atoms with Crippen LogP contribution in [-0.2, 0) is 9.59 Å². The van der Waals surface area contributed by atoms with Gasteiger partial charge in [-0.15, -0.1) is 0 Å². The summed E-state index contributed by atoms with van der Waals surface area (Å²) in [7, 11) is 1.47. The zero-order valence-corrected chi connectivity index (χ0v) is 13.0. The van der Waals surface area contributed by atoms with E-state index in [0.717, 1.165) is 4.90 Å². The number of methoxy groups -OCH3 is 1. The van der Waals surface area contributed by atoms with E-state index < -0.39 is 5.97 Å². The molecule has 1 aliphatic rings. The van der Waals surface area contributed by atoms with Crippen LogP contribution in [0.3, 0.4) is 0 Å². The average molecular weight is 325 g/mol. The third kappa shape index (κ3) is 2.99. The molecule has 1 fully saturated rings. The molecule has 3 rings (SSSR count). The highest BCUT2D eigenvalue weighted by Gasteiger charge is 2.30. The summed E-state index contributed by atoms with van der Waals surface area (Å²) in [5.74, 6) is -0.440. The number of benzene rings is 2. The summed E-state index contributed by atoms with van der Waals surface area (Å²) in [5.41, 5.74) is 0.687. The molecular weight excluding hydrogens is 310 g/mol. The van der Waals surface area contributed by atoms with Crippen LogP contribution in [-0.4, -0.2) is 24.9 Å². The summed E-state index contributed by atoms with van der Waals surface area (Å²) < 4.78 is 10.5. The van der Waals surface area contributed by atoms with Gasteiger partial charge in [-0.25, -0.2) is 4.79 Å². The van der Waals surface area contributed by atoms with Crippen LogP contribution in [0.2, 0.25) is 0 Å². The van der Waals surface area contributed by atoms with E-state index in [-0.39, 0.29) is 30.4 Å². The van der Waals surface area contributed by atoms with Crippen LogP contribution < -0.4 is 14.4 Å². The minimum Gasteiger partial charge on any atom is -0.496 e. The van der Waals surface area contributed by atoms with Crippen LogP contribution in [0.25, 0.3) is 0 Å². The molecule has 0 saturated carbocycles. The van der Waals surface area contributed by atoms with Crippen molar-refractivity contribution in [3.8, 4) is 11.5 Å². The Kier molecular flexibility index (Phi) is 4.29. The number of ether oxygens (including phenoxy) is 2. The van der Waals surface area contributed by atoms with Crippen LogP contribution >= 0.6 is 0 Å². The highest BCUT2D eigenvalue weighted by Crippen LogP contribution is 2.27. The first-order valence-corrected chi connectivity index (χ1v) is 7.41. The molecule has 0 aromatic heterocycles. The van der Waals surface area contributed by atoms with E-state index in [1.165, 1.54) is 13.2 Å². The molecule has 6 heteroatoms. The highest BCUT2D eigenvalue weighted by molar-refractivity contribution is 6.19. The standard InChI is InChI=1S/C18H15NO5/c1-23-15-8-3-2-7-14(15)18(22)24-13-6-4-5-12(11-13)19-16(20)9-10-17(19)21/h2-8,11H,9-10H2,1H3. The van der Waals surface area contributed by atoms with Gasteiger partial charge < -0.3 is 9.47 Å². The molecule has 2 amide bonds. The van der Waals surface area contributed by atoms with E-state index in [2.05, 4.69) is 0 Å². The highest BCUT2D eigenvalue weighted by atomic mass is 16.5. The lowest BCUT2D eigenvalue weighted by Crippen LogP contribution is -2.28. The fourth-order valence-electron chi connectivity index (χ4n) is 2.53. The second-order valence-corrected chi connectivity index (χ2v) is 5.21. The number of hydrogen-bond acceptors (Lipinski definition) is 5. The first-order valence-electron chi connectivity index (χ1n) is 7.41. The smallest absolute Gasteiger partial charge is 0.347 e. The number of imide groups is 1. The number of anilines is 1. The maximum atomic E-state index is 12.3. The van der Waals surface area contributed by atoms with Gasteiger partial charge in [-0.2, -0.15) is 0 Å². The number of para-hydroxylation sites is 1. The van der Waals surface area contributed by atoms with E-state index in [9.17, 15) is 14.4 Å². The Morgan fingerprint density at radius 3 is 2.42 bits per heavy atom. The SMILES string of the molecule is COc1ccccc1C(=O)Oc1cccc(N2C(=O)CCC2=O)c1. The van der Waals surface area contributed by atoms with Crippen molar-refractivity contribution in [2.75, 3.05) is 12.0 Å². The van der Waals surface area contributed by atoms with Crippen molar-refractivity contribution in [3.05, 3.63) is 54.1 Å². The van der Waals surface area contributed by atoms with Gasteiger partial charge in [-0.05, 0) is 24.3 Å². The van der Waals surface area contributed by atoms with Crippen molar-refractivity contribution in [3.63, 3.8) is 0 Å². The van der Waals surface area contributed by atoms with Gasteiger partial charge in [-0.3, -0.25) is 14.5 Å². The number of esters is 1. The van der Waals surface area contributed by atoms with Gasteiger partial charge >= 0.3 is 5.97 Å². The molecule has 6 nitrogen and oxygen atoms in total. The molecule has 24 heavy (non-hydrogen) atoms. The Bertz CT molecular complexity index is 799. The van der Waals surface area contributed by atoms with Crippen molar-refractivity contribution >= 4 is 23.5 Å². The number of hydrogen-bond donors (Lipinski definition) is 0. The molecule has 2 aromatic rings. The fourth-order valence-corrected chi connectivity index (χ4v) is 2.53. The van der Waals surface area contributed by atoms with E-state index in [4.69, 9.17) is 9.47 Å². The predicted octanol–water partition coefficient (Wildman–Crippen LogP) is 2.57. The number of rotatable bonds is 4. The van der Waals surface area contributed by atoms with Gasteiger partial charge in [0.1, 0.15) is 17.1 Å². The molecular formula is C18H15NO5. The summed E-state index contributed by atoms with van der Waals surface area (Å²) in [5, 5.41) is 0. The van der Waals surface area contributed by atoms with Crippen molar-refractivity contribution in [2.45, 2.75) is 12.8 Å². The predicted molar refractivity (Wildman–Crippen MR) is 86.1 cm³/mol. The van der Waals surface area contributed by atoms with Crippen molar-refractivity contribution < 1.29 is 23.9 Å². The molecule has 0 N–H and O–H groups in total. The molecule has 0 radical (unpaired) electrons. The lowest BCUT2D eigenvalue weighted by molar-refractivity contribution is -0.121. The van der Waals surface area contributed by atoms with Gasteiger partial charge in [-0.1, -0.05) is 18.2 Å². The van der Waals surface area contributed by atoms with Gasteiger partial charge in [0.05, 0.1) is 12.8 Å². The molecule has 2 aromatic carbocycles. The van der Waals surface area contributed by atoms with Crippen molar-refractivity contribution in [1.29, 1.82) is 0 Å². The topological polar surface area (TPSA) is 72.9 Å². The third-order valence-corrected chi connectivity index (χ3v) is 3.66. The van der Waals surface area contributed by atoms with Crippen LogP contribution in [0.4, 0.5) is 5.69 Å². The van der Waals surface area contributed by atoms with E-state index in [1.807, 2.05) is 0 Å². The van der Waals surface area contributed by atoms with Gasteiger partial charge in [0, 0.05) is 18.9 Å². The van der Waals surface area contributed by atoms with Crippen LogP contribution in [0, 0.1) is 0 Å². The molecule has 0 atom stereocenters. The van der Waals surface area contributed by atoms with Crippen molar-refractivity contribution in [2.24, 2.45) is 0 Å². The Morgan fingerprint density at radius 1 is 1.00 bits per heavy atom. The minimum absolute atomic E-state index is 0.198. The Balaban J connectivity index is 1.83. The zero-order chi connectivity index (χ0) is 17.1. The summed E-state index contributed by atoms with van der Waals surface area (Å²) in [6, 6.07) is 13.0. The Morgan fingerprint density at radius 2 is 1.71 bits per heavy atom. The molecule has 0 bridgehead atoms. The second-order valence-electron chi connectivity index (χ2n) is 5.21. The third-order valence-electron chi connectivity index (χ3n) is 3.66. The summed E-state index contributed by atoms with van der Waals surface area (Å²) in [6.07, 6.45) is 0.397. The number of amides is 2. The van der Waals surface area contributed by atoms with Gasteiger partial charge in [0.15, 0.2) is 0 Å². The fraction of sp³-hybridized carbons (Fsp3) is 0.167. The largest absolute Gasteiger partial charge is 0.496 e. The molecule has 0 unspecified atom stereocenters. The summed E-state index contributed by atoms with van der Waals surface area (Å²) in [4.78, 5) is 37.0. The molecule has 1 saturated heterocycles.